The van der Waals surface area contributed by atoms with Gasteiger partial charge in [0.1, 0.15) is 0 Å². The number of carboxylic acid groups (broad SMARTS) is 1. The van der Waals surface area contributed by atoms with E-state index in [0.717, 1.165) is 10.6 Å². The van der Waals surface area contributed by atoms with Crippen LogP contribution in [0.25, 0.3) is 0 Å². The maximum Gasteiger partial charge on any atom is 0.336 e. The minimum Gasteiger partial charge on any atom is -0.478 e. The molecule has 0 amide bonds. The van der Waals surface area contributed by atoms with E-state index in [4.69, 9.17) is 5.11 Å². The van der Waals surface area contributed by atoms with Crippen molar-refractivity contribution in [2.45, 2.75) is 20.0 Å². The zero-order valence-corrected chi connectivity index (χ0v) is 11.2. The fraction of sp³-hybridized carbons (Fsp3) is 0.231. The third kappa shape index (κ3) is 3.23. The van der Waals surface area contributed by atoms with E-state index in [1.54, 1.807) is 28.3 Å². The highest BCUT2D eigenvalue weighted by molar-refractivity contribution is 7.10. The number of anilines is 1. The molecular weight excluding hydrogens is 264 g/mol. The third-order valence-corrected chi connectivity index (χ3v) is 3.63. The predicted molar refractivity (Wildman–Crippen MR) is 75.0 cm³/mol. The van der Waals surface area contributed by atoms with Crippen molar-refractivity contribution in [1.82, 2.24) is 4.57 Å². The Hall–Kier alpha value is -2.08. The van der Waals surface area contributed by atoms with Crippen LogP contribution in [0, 0.1) is 0 Å². The van der Waals surface area contributed by atoms with Gasteiger partial charge in [-0.2, -0.15) is 0 Å². The number of hydrogen-bond donors (Lipinski definition) is 2. The molecule has 0 atom stereocenters. The van der Waals surface area contributed by atoms with Crippen molar-refractivity contribution >= 4 is 23.0 Å². The molecule has 0 saturated heterocycles. The molecule has 0 saturated carbocycles. The Morgan fingerprint density at radius 1 is 1.47 bits per heavy atom. The second-order valence-corrected chi connectivity index (χ2v) is 5.00. The summed E-state index contributed by atoms with van der Waals surface area (Å²) in [5.41, 5.74) is 1.12. The van der Waals surface area contributed by atoms with Crippen LogP contribution in [0.4, 0.5) is 5.69 Å². The van der Waals surface area contributed by atoms with Gasteiger partial charge in [0.25, 0.3) is 5.56 Å². The summed E-state index contributed by atoms with van der Waals surface area (Å²) in [6.45, 7) is 3.07. The molecule has 5 nitrogen and oxygen atoms in total. The summed E-state index contributed by atoms with van der Waals surface area (Å²) in [6.07, 6.45) is 1.76. The number of aromatic carboxylic acids is 1. The van der Waals surface area contributed by atoms with Crippen molar-refractivity contribution < 1.29 is 9.90 Å². The van der Waals surface area contributed by atoms with Gasteiger partial charge >= 0.3 is 5.97 Å². The second kappa shape index (κ2) is 5.71. The molecule has 19 heavy (non-hydrogen) atoms. The van der Waals surface area contributed by atoms with Gasteiger partial charge in [-0.1, -0.05) is 0 Å². The number of thiophene rings is 1. The molecule has 2 N–H and O–H groups in total. The number of aromatic nitrogens is 1. The Morgan fingerprint density at radius 3 is 2.89 bits per heavy atom. The number of nitrogens with zero attached hydrogens (tertiary/aromatic N) is 1. The van der Waals surface area contributed by atoms with Crippen LogP contribution >= 0.6 is 11.3 Å². The topological polar surface area (TPSA) is 71.3 Å². The average Bonchev–Trinajstić information content (AvgIpc) is 2.87. The molecule has 0 bridgehead atoms. The Morgan fingerprint density at radius 2 is 2.26 bits per heavy atom. The van der Waals surface area contributed by atoms with E-state index in [1.807, 2.05) is 6.92 Å². The number of aryl methyl sites for hydroxylation is 1. The second-order valence-electron chi connectivity index (χ2n) is 4.00. The minimum atomic E-state index is -0.915. The molecular formula is C13H14N2O3S. The molecule has 0 aliphatic rings. The van der Waals surface area contributed by atoms with Crippen molar-refractivity contribution in [3.05, 3.63) is 50.6 Å². The van der Waals surface area contributed by atoms with Crippen LogP contribution < -0.4 is 10.9 Å². The van der Waals surface area contributed by atoms with Gasteiger partial charge < -0.3 is 15.0 Å². The molecule has 2 rings (SSSR count). The van der Waals surface area contributed by atoms with Crippen LogP contribution in [0.1, 0.15) is 22.2 Å². The lowest BCUT2D eigenvalue weighted by molar-refractivity contribution is 0.0697. The van der Waals surface area contributed by atoms with Gasteiger partial charge in [0.05, 0.1) is 11.3 Å². The molecule has 0 aliphatic heterocycles. The van der Waals surface area contributed by atoms with Crippen LogP contribution in [0.2, 0.25) is 0 Å². The van der Waals surface area contributed by atoms with Crippen molar-refractivity contribution in [1.29, 1.82) is 0 Å². The molecule has 0 fully saturated rings. The van der Waals surface area contributed by atoms with Gasteiger partial charge in [-0.25, -0.2) is 4.79 Å². The molecule has 6 heteroatoms. The number of carbonyl (C=O) groups is 1. The van der Waals surface area contributed by atoms with Gasteiger partial charge in [0.15, 0.2) is 0 Å². The summed E-state index contributed by atoms with van der Waals surface area (Å²) in [5, 5.41) is 13.6. The van der Waals surface area contributed by atoms with Crippen LogP contribution in [0.15, 0.2) is 34.6 Å². The maximum atomic E-state index is 11.4. The first-order valence-corrected chi connectivity index (χ1v) is 6.73. The number of nitrogens with one attached hydrogen (secondary N) is 1. The van der Waals surface area contributed by atoms with E-state index in [0.29, 0.717) is 18.7 Å². The third-order valence-electron chi connectivity index (χ3n) is 2.69. The van der Waals surface area contributed by atoms with Crippen molar-refractivity contribution in [2.75, 3.05) is 5.32 Å². The zero-order valence-electron chi connectivity index (χ0n) is 10.4. The van der Waals surface area contributed by atoms with Crippen molar-refractivity contribution in [3.63, 3.8) is 0 Å². The predicted octanol–water partition coefficient (Wildman–Crippen LogP) is 2.24. The van der Waals surface area contributed by atoms with Crippen LogP contribution in [0.5, 0.6) is 0 Å². The van der Waals surface area contributed by atoms with Crippen LogP contribution in [0.3, 0.4) is 0 Å². The lowest BCUT2D eigenvalue weighted by atomic mass is 10.3. The molecule has 0 aliphatic carbocycles. The summed E-state index contributed by atoms with van der Waals surface area (Å²) in [5.74, 6) is -0.915. The van der Waals surface area contributed by atoms with Crippen molar-refractivity contribution in [2.24, 2.45) is 0 Å². The minimum absolute atomic E-state index is 0.0302. The summed E-state index contributed by atoms with van der Waals surface area (Å²) < 4.78 is 1.61. The maximum absolute atomic E-state index is 11.4. The number of rotatable bonds is 5. The Balaban J connectivity index is 2.05. The SMILES string of the molecule is CCn1cc(NCc2cc(C(=O)O)cs2)ccc1=O. The van der Waals surface area contributed by atoms with E-state index in [2.05, 4.69) is 5.32 Å². The van der Waals surface area contributed by atoms with E-state index < -0.39 is 5.97 Å². The highest BCUT2D eigenvalue weighted by Crippen LogP contribution is 2.16. The first-order chi connectivity index (χ1) is 9.10. The summed E-state index contributed by atoms with van der Waals surface area (Å²) in [6, 6.07) is 4.89. The molecule has 2 heterocycles. The quantitative estimate of drug-likeness (QED) is 0.880. The van der Waals surface area contributed by atoms with Crippen molar-refractivity contribution in [3.8, 4) is 0 Å². The molecule has 0 spiro atoms. The molecule has 0 radical (unpaired) electrons. The van der Waals surface area contributed by atoms with E-state index in [9.17, 15) is 9.59 Å². The number of hydrogen-bond acceptors (Lipinski definition) is 4. The molecule has 100 valence electrons. The highest BCUT2D eigenvalue weighted by atomic mass is 32.1. The fourth-order valence-electron chi connectivity index (χ4n) is 1.66. The highest BCUT2D eigenvalue weighted by Gasteiger charge is 2.06. The molecule has 0 aromatic carbocycles. The van der Waals surface area contributed by atoms with Gasteiger partial charge in [-0.15, -0.1) is 11.3 Å². The van der Waals surface area contributed by atoms with Gasteiger partial charge in [0, 0.05) is 35.6 Å². The Kier molecular flexibility index (Phi) is 4.01. The summed E-state index contributed by atoms with van der Waals surface area (Å²) >= 11 is 1.40. The number of pyridine rings is 1. The van der Waals surface area contributed by atoms with Gasteiger partial charge in [-0.3, -0.25) is 4.79 Å². The average molecular weight is 278 g/mol. The Bertz CT molecular complexity index is 645. The zero-order chi connectivity index (χ0) is 13.8. The van der Waals surface area contributed by atoms with E-state index >= 15 is 0 Å². The largest absolute Gasteiger partial charge is 0.478 e. The molecule has 2 aromatic rings. The molecule has 0 unspecified atom stereocenters. The van der Waals surface area contributed by atoms with E-state index in [1.165, 1.54) is 17.4 Å². The normalized spacial score (nSPS) is 10.4. The monoisotopic (exact) mass is 278 g/mol. The summed E-state index contributed by atoms with van der Waals surface area (Å²) in [4.78, 5) is 23.1. The lowest BCUT2D eigenvalue weighted by Crippen LogP contribution is -2.17. The van der Waals surface area contributed by atoms with E-state index in [-0.39, 0.29) is 5.56 Å². The summed E-state index contributed by atoms with van der Waals surface area (Å²) in [7, 11) is 0. The fourth-order valence-corrected chi connectivity index (χ4v) is 2.46. The lowest BCUT2D eigenvalue weighted by Gasteiger charge is -2.07. The standard InChI is InChI=1S/C13H14N2O3S/c1-2-15-7-10(3-4-12(15)16)14-6-11-5-9(8-19-11)13(17)18/h3-5,7-8,14H,2,6H2,1H3,(H,17,18). The molecule has 2 aromatic heterocycles. The van der Waals surface area contributed by atoms with Crippen LogP contribution in [-0.2, 0) is 13.1 Å². The van der Waals surface area contributed by atoms with Gasteiger partial charge in [0.2, 0.25) is 0 Å². The first-order valence-electron chi connectivity index (χ1n) is 5.85. The van der Waals surface area contributed by atoms with Gasteiger partial charge in [-0.05, 0) is 19.1 Å². The first kappa shape index (κ1) is 13.4. The van der Waals surface area contributed by atoms with Crippen LogP contribution in [-0.4, -0.2) is 15.6 Å². The Labute approximate surface area is 114 Å². The number of carboxylic acids is 1. The smallest absolute Gasteiger partial charge is 0.336 e.